The number of benzene rings is 3. The summed E-state index contributed by atoms with van der Waals surface area (Å²) >= 11 is 2.00. The van der Waals surface area contributed by atoms with Gasteiger partial charge in [-0.2, -0.15) is 0 Å². The summed E-state index contributed by atoms with van der Waals surface area (Å²) < 4.78 is 12.2. The highest BCUT2D eigenvalue weighted by Crippen LogP contribution is 2.58. The van der Waals surface area contributed by atoms with Crippen molar-refractivity contribution in [3.63, 3.8) is 0 Å². The van der Waals surface area contributed by atoms with Crippen LogP contribution in [-0.4, -0.2) is 43.4 Å². The molecule has 3 aliphatic rings. The second-order valence-corrected chi connectivity index (χ2v) is 13.7. The molecule has 0 amide bonds. The lowest BCUT2D eigenvalue weighted by molar-refractivity contribution is 0.184. The van der Waals surface area contributed by atoms with Crippen molar-refractivity contribution in [3.8, 4) is 5.75 Å². The Hall–Kier alpha value is -3.25. The van der Waals surface area contributed by atoms with Gasteiger partial charge in [-0.05, 0) is 105 Å². The average Bonchev–Trinajstić information content (AvgIpc) is 3.65. The van der Waals surface area contributed by atoms with Gasteiger partial charge in [-0.15, -0.1) is 11.8 Å². The van der Waals surface area contributed by atoms with Crippen molar-refractivity contribution >= 4 is 16.7 Å². The van der Waals surface area contributed by atoms with Gasteiger partial charge >= 0.3 is 0 Å². The first-order valence-electron chi connectivity index (χ1n) is 15.7. The van der Waals surface area contributed by atoms with E-state index in [2.05, 4.69) is 96.0 Å². The standard InChI is InChI=1S/C38H44N2O2S/c1-38-25-33(42-27-29-9-5-4-6-10-29)17-18-35(38)34(37(43-38)31-14-11-28(12-15-31)19-20-39-2)23-30-13-16-32(36(24-30)41-3)26-40-21-7-8-22-40/h4-6,9-18,24,39H,7-8,19-23,25-27H2,1-3H3. The van der Waals surface area contributed by atoms with Gasteiger partial charge < -0.3 is 14.8 Å². The number of methoxy groups -OCH3 is 1. The van der Waals surface area contributed by atoms with Crippen LogP contribution in [0.5, 0.6) is 5.75 Å². The highest BCUT2D eigenvalue weighted by molar-refractivity contribution is 8.10. The van der Waals surface area contributed by atoms with E-state index in [1.54, 1.807) is 7.11 Å². The predicted molar refractivity (Wildman–Crippen MR) is 180 cm³/mol. The fraction of sp³-hybridized carbons (Fsp3) is 0.368. The van der Waals surface area contributed by atoms with Crippen LogP contribution in [0.15, 0.2) is 102 Å². The van der Waals surface area contributed by atoms with Crippen LogP contribution >= 0.6 is 11.8 Å². The Kier molecular flexibility index (Phi) is 9.42. The second-order valence-electron chi connectivity index (χ2n) is 12.2. The summed E-state index contributed by atoms with van der Waals surface area (Å²) in [5.41, 5.74) is 9.27. The van der Waals surface area contributed by atoms with E-state index in [4.69, 9.17) is 9.47 Å². The van der Waals surface area contributed by atoms with Gasteiger partial charge in [0.2, 0.25) is 0 Å². The van der Waals surface area contributed by atoms with Crippen molar-refractivity contribution in [1.82, 2.24) is 10.2 Å². The lowest BCUT2D eigenvalue weighted by atomic mass is 9.83. The summed E-state index contributed by atoms with van der Waals surface area (Å²) in [6.07, 6.45) is 9.90. The lowest BCUT2D eigenvalue weighted by Gasteiger charge is -2.31. The van der Waals surface area contributed by atoms with Gasteiger partial charge in [0.15, 0.2) is 0 Å². The minimum Gasteiger partial charge on any atom is -0.496 e. The van der Waals surface area contributed by atoms with E-state index in [1.165, 1.54) is 69.8 Å². The second kappa shape index (κ2) is 13.6. The molecule has 6 rings (SSSR count). The molecule has 4 nitrogen and oxygen atoms in total. The number of thioether (sulfide) groups is 1. The zero-order valence-electron chi connectivity index (χ0n) is 25.8. The number of hydrogen-bond acceptors (Lipinski definition) is 5. The Morgan fingerprint density at radius 2 is 1.67 bits per heavy atom. The summed E-state index contributed by atoms with van der Waals surface area (Å²) in [5.74, 6) is 2.06. The number of allylic oxidation sites excluding steroid dienone is 4. The van der Waals surface area contributed by atoms with E-state index in [0.29, 0.717) is 6.61 Å². The first-order chi connectivity index (χ1) is 21.0. The number of likely N-dealkylation sites (N-methyl/N-ethyl adjacent to an activating group) is 1. The first kappa shape index (κ1) is 29.8. The molecule has 0 radical (unpaired) electrons. The number of fused-ring (bicyclic) bond motifs is 1. The fourth-order valence-corrected chi connectivity index (χ4v) is 8.05. The molecule has 0 spiro atoms. The van der Waals surface area contributed by atoms with Crippen LogP contribution in [0, 0.1) is 0 Å². The van der Waals surface area contributed by atoms with Crippen molar-refractivity contribution in [2.45, 2.75) is 56.9 Å². The summed E-state index contributed by atoms with van der Waals surface area (Å²) in [6, 6.07) is 26.5. The molecule has 1 atom stereocenters. The van der Waals surface area contributed by atoms with Gasteiger partial charge in [-0.1, -0.05) is 72.8 Å². The van der Waals surface area contributed by atoms with Crippen molar-refractivity contribution in [1.29, 1.82) is 0 Å². The van der Waals surface area contributed by atoms with Crippen molar-refractivity contribution in [3.05, 3.63) is 130 Å². The molecule has 0 saturated carbocycles. The molecular weight excluding hydrogens is 548 g/mol. The number of hydrogen-bond donors (Lipinski definition) is 1. The van der Waals surface area contributed by atoms with E-state index in [9.17, 15) is 0 Å². The van der Waals surface area contributed by atoms with Gasteiger partial charge in [0.05, 0.1) is 17.6 Å². The first-order valence-corrected chi connectivity index (χ1v) is 16.5. The number of nitrogens with one attached hydrogen (secondary N) is 1. The predicted octanol–water partition coefficient (Wildman–Crippen LogP) is 7.94. The Balaban J connectivity index is 1.30. The molecule has 1 fully saturated rings. The highest BCUT2D eigenvalue weighted by Gasteiger charge is 2.43. The van der Waals surface area contributed by atoms with Gasteiger partial charge in [0.1, 0.15) is 12.4 Å². The largest absolute Gasteiger partial charge is 0.496 e. The molecule has 3 aromatic rings. The van der Waals surface area contributed by atoms with Crippen LogP contribution in [0.25, 0.3) is 4.91 Å². The van der Waals surface area contributed by atoms with Gasteiger partial charge in [0.25, 0.3) is 0 Å². The topological polar surface area (TPSA) is 33.7 Å². The molecule has 43 heavy (non-hydrogen) atoms. The Morgan fingerprint density at radius 1 is 0.907 bits per heavy atom. The highest BCUT2D eigenvalue weighted by atomic mass is 32.2. The third-order valence-electron chi connectivity index (χ3n) is 8.92. The Morgan fingerprint density at radius 3 is 2.42 bits per heavy atom. The van der Waals surface area contributed by atoms with Gasteiger partial charge in [0, 0.05) is 23.4 Å². The lowest BCUT2D eigenvalue weighted by Crippen LogP contribution is -2.24. The molecule has 3 aromatic carbocycles. The maximum Gasteiger partial charge on any atom is 0.123 e. The van der Waals surface area contributed by atoms with E-state index >= 15 is 0 Å². The van der Waals surface area contributed by atoms with Crippen LogP contribution < -0.4 is 10.1 Å². The number of likely N-dealkylation sites (tertiary alicyclic amines) is 1. The maximum absolute atomic E-state index is 6.35. The zero-order valence-corrected chi connectivity index (χ0v) is 26.6. The molecular formula is C38H44N2O2S. The Bertz CT molecular complexity index is 1500. The molecule has 1 unspecified atom stereocenters. The van der Waals surface area contributed by atoms with E-state index in [1.807, 2.05) is 24.9 Å². The number of nitrogens with zero attached hydrogens (tertiary/aromatic N) is 1. The molecule has 224 valence electrons. The SMILES string of the molecule is CNCCc1ccc(C2=C(Cc3ccc(CN4CCCC4)c(OC)c3)C3=CC=C(OCc4ccccc4)CC3(C)S2)cc1. The summed E-state index contributed by atoms with van der Waals surface area (Å²) in [6.45, 7) is 7.30. The minimum atomic E-state index is -0.0734. The zero-order chi connectivity index (χ0) is 29.6. The fourth-order valence-electron chi connectivity index (χ4n) is 6.52. The minimum absolute atomic E-state index is 0.0734. The van der Waals surface area contributed by atoms with Gasteiger partial charge in [-0.25, -0.2) is 0 Å². The average molecular weight is 593 g/mol. The smallest absolute Gasteiger partial charge is 0.123 e. The van der Waals surface area contributed by atoms with E-state index in [-0.39, 0.29) is 4.75 Å². The monoisotopic (exact) mass is 592 g/mol. The Labute approximate surface area is 261 Å². The molecule has 5 heteroatoms. The quantitative estimate of drug-likeness (QED) is 0.231. The van der Waals surface area contributed by atoms with Crippen molar-refractivity contribution < 1.29 is 9.47 Å². The third kappa shape index (κ3) is 6.95. The van der Waals surface area contributed by atoms with Crippen LogP contribution in [0.3, 0.4) is 0 Å². The summed E-state index contributed by atoms with van der Waals surface area (Å²) in [7, 11) is 3.82. The number of rotatable bonds is 12. The van der Waals surface area contributed by atoms with Crippen LogP contribution in [0.4, 0.5) is 0 Å². The van der Waals surface area contributed by atoms with Gasteiger partial charge in [-0.3, -0.25) is 4.90 Å². The van der Waals surface area contributed by atoms with E-state index < -0.39 is 0 Å². The van der Waals surface area contributed by atoms with Crippen LogP contribution in [0.1, 0.15) is 54.0 Å². The number of ether oxygens (including phenoxy) is 2. The third-order valence-corrected chi connectivity index (χ3v) is 10.4. The summed E-state index contributed by atoms with van der Waals surface area (Å²) in [4.78, 5) is 3.92. The molecule has 0 bridgehead atoms. The van der Waals surface area contributed by atoms with Crippen LogP contribution in [0.2, 0.25) is 0 Å². The maximum atomic E-state index is 6.35. The molecule has 1 saturated heterocycles. The van der Waals surface area contributed by atoms with Crippen molar-refractivity contribution in [2.24, 2.45) is 0 Å². The molecule has 2 aliphatic heterocycles. The molecule has 1 aliphatic carbocycles. The normalized spacial score (nSPS) is 20.2. The van der Waals surface area contributed by atoms with Crippen LogP contribution in [-0.2, 0) is 30.7 Å². The summed E-state index contributed by atoms with van der Waals surface area (Å²) in [5, 5.41) is 3.27. The molecule has 0 aromatic heterocycles. The van der Waals surface area contributed by atoms with E-state index in [0.717, 1.165) is 43.9 Å². The molecule has 1 N–H and O–H groups in total. The van der Waals surface area contributed by atoms with Crippen molar-refractivity contribution in [2.75, 3.05) is 33.8 Å². The molecule has 2 heterocycles.